The molecule has 3 aromatic carbocycles. The van der Waals surface area contributed by atoms with Crippen LogP contribution in [0.4, 0.5) is 5.69 Å². The molecule has 0 bridgehead atoms. The minimum absolute atomic E-state index is 0.0679. The van der Waals surface area contributed by atoms with Crippen molar-refractivity contribution in [1.82, 2.24) is 10.2 Å². The summed E-state index contributed by atoms with van der Waals surface area (Å²) in [4.78, 5) is 29.1. The van der Waals surface area contributed by atoms with Crippen molar-refractivity contribution < 1.29 is 22.7 Å². The van der Waals surface area contributed by atoms with Crippen LogP contribution in [0.2, 0.25) is 0 Å². The Morgan fingerprint density at radius 3 is 2.29 bits per heavy atom. The minimum Gasteiger partial charge on any atom is -0.497 e. The number of hydrogen-bond acceptors (Lipinski definition) is 5. The highest BCUT2D eigenvalue weighted by molar-refractivity contribution is 9.10. The van der Waals surface area contributed by atoms with Crippen molar-refractivity contribution >= 4 is 43.5 Å². The quantitative estimate of drug-likeness (QED) is 0.281. The molecule has 10 heteroatoms. The Balaban J connectivity index is 1.68. The number of methoxy groups -OCH3 is 1. The molecule has 8 nitrogen and oxygen atoms in total. The van der Waals surface area contributed by atoms with Crippen molar-refractivity contribution in [3.05, 3.63) is 88.4 Å². The maximum absolute atomic E-state index is 14.1. The largest absolute Gasteiger partial charge is 0.497 e. The molecule has 2 amide bonds. The van der Waals surface area contributed by atoms with Crippen molar-refractivity contribution in [2.45, 2.75) is 69.5 Å². The van der Waals surface area contributed by atoms with Gasteiger partial charge in [-0.15, -0.1) is 0 Å². The van der Waals surface area contributed by atoms with Crippen LogP contribution in [-0.2, 0) is 26.2 Å². The summed E-state index contributed by atoms with van der Waals surface area (Å²) in [5.41, 5.74) is 2.04. The van der Waals surface area contributed by atoms with E-state index >= 15 is 0 Å². The van der Waals surface area contributed by atoms with Gasteiger partial charge in [0.25, 0.3) is 10.0 Å². The van der Waals surface area contributed by atoms with Gasteiger partial charge in [-0.3, -0.25) is 13.9 Å². The van der Waals surface area contributed by atoms with Crippen LogP contribution in [-0.4, -0.2) is 50.9 Å². The minimum atomic E-state index is -4.13. The van der Waals surface area contributed by atoms with Gasteiger partial charge in [-0.1, -0.05) is 65.0 Å². The molecule has 0 aliphatic heterocycles. The third-order valence-corrected chi connectivity index (χ3v) is 9.89. The van der Waals surface area contributed by atoms with E-state index in [0.717, 1.165) is 52.0 Å². The van der Waals surface area contributed by atoms with Gasteiger partial charge in [0.1, 0.15) is 18.3 Å². The molecule has 1 atom stereocenters. The average Bonchev–Trinajstić information content (AvgIpc) is 2.99. The fourth-order valence-electron chi connectivity index (χ4n) is 5.10. The highest BCUT2D eigenvalue weighted by Crippen LogP contribution is 2.27. The summed E-state index contributed by atoms with van der Waals surface area (Å²) in [5, 5.41) is 3.12. The number of hydrogen-bond donors (Lipinski definition) is 1. The van der Waals surface area contributed by atoms with E-state index in [-0.39, 0.29) is 23.4 Å². The molecule has 0 spiro atoms. The number of sulfonamides is 1. The number of benzene rings is 3. The monoisotopic (exact) mass is 655 g/mol. The molecule has 0 heterocycles. The van der Waals surface area contributed by atoms with Gasteiger partial charge in [0, 0.05) is 17.1 Å². The lowest BCUT2D eigenvalue weighted by atomic mass is 9.95. The summed E-state index contributed by atoms with van der Waals surface area (Å²) < 4.78 is 35.1. The molecule has 0 saturated heterocycles. The van der Waals surface area contributed by atoms with Crippen LogP contribution in [0, 0.1) is 6.92 Å². The van der Waals surface area contributed by atoms with Gasteiger partial charge in [0.15, 0.2) is 0 Å². The first-order chi connectivity index (χ1) is 20.1. The number of halogens is 1. The van der Waals surface area contributed by atoms with Gasteiger partial charge in [-0.2, -0.15) is 0 Å². The summed E-state index contributed by atoms with van der Waals surface area (Å²) in [5.74, 6) is -0.183. The van der Waals surface area contributed by atoms with Crippen LogP contribution in [0.1, 0.15) is 50.2 Å². The van der Waals surface area contributed by atoms with E-state index in [2.05, 4.69) is 21.2 Å². The molecule has 224 valence electrons. The summed E-state index contributed by atoms with van der Waals surface area (Å²) in [6, 6.07) is 19.8. The first-order valence-electron chi connectivity index (χ1n) is 14.2. The maximum atomic E-state index is 14.1. The molecule has 1 aliphatic rings. The molecule has 0 radical (unpaired) electrons. The van der Waals surface area contributed by atoms with E-state index in [1.165, 1.54) is 24.1 Å². The van der Waals surface area contributed by atoms with Gasteiger partial charge in [-0.25, -0.2) is 8.42 Å². The van der Waals surface area contributed by atoms with E-state index in [0.29, 0.717) is 11.4 Å². The Morgan fingerprint density at radius 2 is 1.67 bits per heavy atom. The highest BCUT2D eigenvalue weighted by atomic mass is 79.9. The van der Waals surface area contributed by atoms with Crippen LogP contribution in [0.5, 0.6) is 5.75 Å². The molecule has 1 N–H and O–H groups in total. The second kappa shape index (κ2) is 14.2. The third-order valence-electron chi connectivity index (χ3n) is 7.61. The number of carbonyl (C=O) groups excluding carboxylic acids is 2. The van der Waals surface area contributed by atoms with Crippen molar-refractivity contribution in [2.75, 3.05) is 18.0 Å². The summed E-state index contributed by atoms with van der Waals surface area (Å²) in [7, 11) is -2.60. The summed E-state index contributed by atoms with van der Waals surface area (Å²) in [6.45, 7) is 3.22. The Bertz CT molecular complexity index is 1470. The zero-order valence-electron chi connectivity index (χ0n) is 24.3. The zero-order chi connectivity index (χ0) is 30.3. The van der Waals surface area contributed by atoms with E-state index < -0.39 is 28.5 Å². The molecule has 0 unspecified atom stereocenters. The van der Waals surface area contributed by atoms with Gasteiger partial charge < -0.3 is 15.0 Å². The molecule has 4 rings (SSSR count). The molecule has 1 fully saturated rings. The van der Waals surface area contributed by atoms with E-state index in [1.54, 1.807) is 43.3 Å². The van der Waals surface area contributed by atoms with E-state index in [9.17, 15) is 18.0 Å². The lowest BCUT2D eigenvalue weighted by Crippen LogP contribution is -2.53. The van der Waals surface area contributed by atoms with E-state index in [4.69, 9.17) is 4.74 Å². The number of anilines is 1. The van der Waals surface area contributed by atoms with Gasteiger partial charge in [0.2, 0.25) is 11.8 Å². The smallest absolute Gasteiger partial charge is 0.264 e. The van der Waals surface area contributed by atoms with Crippen LogP contribution in [0.25, 0.3) is 0 Å². The number of rotatable bonds is 11. The zero-order valence-corrected chi connectivity index (χ0v) is 26.7. The lowest BCUT2D eigenvalue weighted by molar-refractivity contribution is -0.139. The summed E-state index contributed by atoms with van der Waals surface area (Å²) in [6.07, 6.45) is 5.11. The average molecular weight is 657 g/mol. The number of ether oxygens (including phenoxy) is 1. The van der Waals surface area contributed by atoms with E-state index in [1.807, 2.05) is 31.2 Å². The lowest BCUT2D eigenvalue weighted by Gasteiger charge is -2.33. The predicted molar refractivity (Wildman–Crippen MR) is 168 cm³/mol. The fraction of sp³-hybridized carbons (Fsp3) is 0.375. The second-order valence-electron chi connectivity index (χ2n) is 10.7. The molecule has 1 saturated carbocycles. The van der Waals surface area contributed by atoms with Gasteiger partial charge in [-0.05, 0) is 80.8 Å². The second-order valence-corrected chi connectivity index (χ2v) is 13.5. The normalized spacial score (nSPS) is 14.6. The first-order valence-corrected chi connectivity index (χ1v) is 16.4. The van der Waals surface area contributed by atoms with Gasteiger partial charge in [0.05, 0.1) is 17.7 Å². The van der Waals surface area contributed by atoms with Crippen molar-refractivity contribution in [3.63, 3.8) is 0 Å². The molecular weight excluding hydrogens is 618 g/mol. The molecule has 1 aliphatic carbocycles. The van der Waals surface area contributed by atoms with Crippen LogP contribution >= 0.6 is 15.9 Å². The standard InChI is InChI=1S/C32H38BrN3O5S/c1-23-12-18-30(19-13-23)42(39,40)36(28-14-16-29(41-3)17-15-28)22-31(37)35(21-25-8-7-9-26(33)20-25)24(2)32(38)34-27-10-5-4-6-11-27/h7-9,12-20,24,27H,4-6,10-11,21-22H2,1-3H3,(H,34,38)/t24-/m1/s1. The molecular formula is C32H38BrN3O5S. The SMILES string of the molecule is COc1ccc(N(CC(=O)N(Cc2cccc(Br)c2)[C@H](C)C(=O)NC2CCCCC2)S(=O)(=O)c2ccc(C)cc2)cc1. The molecule has 3 aromatic rings. The van der Waals surface area contributed by atoms with Crippen molar-refractivity contribution in [3.8, 4) is 5.75 Å². The number of aryl methyl sites for hydroxylation is 1. The third kappa shape index (κ3) is 7.92. The highest BCUT2D eigenvalue weighted by Gasteiger charge is 2.33. The number of nitrogens with one attached hydrogen (secondary N) is 1. The molecule has 0 aromatic heterocycles. The van der Waals surface area contributed by atoms with Crippen LogP contribution in [0.3, 0.4) is 0 Å². The number of amides is 2. The number of nitrogens with zero attached hydrogens (tertiary/aromatic N) is 2. The predicted octanol–water partition coefficient (Wildman–Crippen LogP) is 5.83. The first kappa shape index (κ1) is 31.6. The molecule has 42 heavy (non-hydrogen) atoms. The van der Waals surface area contributed by atoms with Gasteiger partial charge >= 0.3 is 0 Å². The summed E-state index contributed by atoms with van der Waals surface area (Å²) >= 11 is 3.48. The topological polar surface area (TPSA) is 96.0 Å². The Morgan fingerprint density at radius 1 is 1.00 bits per heavy atom. The van der Waals surface area contributed by atoms with Crippen LogP contribution < -0.4 is 14.4 Å². The Hall–Kier alpha value is -3.37. The number of carbonyl (C=O) groups is 2. The maximum Gasteiger partial charge on any atom is 0.264 e. The van der Waals surface area contributed by atoms with Crippen LogP contribution in [0.15, 0.2) is 82.2 Å². The van der Waals surface area contributed by atoms with Crippen molar-refractivity contribution in [1.29, 1.82) is 0 Å². The fourth-order valence-corrected chi connectivity index (χ4v) is 6.96. The Labute approximate surface area is 257 Å². The van der Waals surface area contributed by atoms with Crippen molar-refractivity contribution in [2.24, 2.45) is 0 Å². The Kier molecular flexibility index (Phi) is 10.7.